The Kier molecular flexibility index (Phi) is 47.4. The van der Waals surface area contributed by atoms with Crippen LogP contribution in [0.25, 0.3) is 0 Å². The quantitative estimate of drug-likeness (QED) is 0.0349. The van der Waals surface area contributed by atoms with Gasteiger partial charge < -0.3 is 14.4 Å². The van der Waals surface area contributed by atoms with Gasteiger partial charge in [-0.1, -0.05) is 211 Å². The third-order valence-corrected chi connectivity index (χ3v) is 14.8. The van der Waals surface area contributed by atoms with Crippen molar-refractivity contribution < 1.29 is 14.4 Å². The maximum atomic E-state index is 13.5. The molecule has 0 saturated carbocycles. The zero-order valence-electron chi connectivity index (χ0n) is 39.5. The Bertz CT molecular complexity index is 857. The molecule has 0 unspecified atom stereocenters. The zero-order chi connectivity index (χ0) is 42.3. The van der Waals surface area contributed by atoms with Crippen molar-refractivity contribution in [2.24, 2.45) is 0 Å². The van der Waals surface area contributed by atoms with Crippen molar-refractivity contribution in [3.05, 3.63) is 36.5 Å². The van der Waals surface area contributed by atoms with Gasteiger partial charge >= 0.3 is 14.1 Å². The molecule has 0 bridgehead atoms. The predicted octanol–water partition coefficient (Wildman–Crippen LogP) is 17.9. The maximum absolute atomic E-state index is 13.5. The standard InChI is InChI=1S/3C18H33O.Al/c3*1-2-3-4-5-6-7-8-9-10-11-12-13-14-15-16-17-18-19;/h3*9-10H,2-8,11-17H2,1H3;. The van der Waals surface area contributed by atoms with Crippen LogP contribution in [0.1, 0.15) is 290 Å². The lowest BCUT2D eigenvalue weighted by atomic mass is 10.1. The normalized spacial score (nSPS) is 11.8. The van der Waals surface area contributed by atoms with E-state index < -0.39 is 14.1 Å². The van der Waals surface area contributed by atoms with E-state index in [1.54, 1.807) is 0 Å². The molecule has 0 aromatic carbocycles. The van der Waals surface area contributed by atoms with E-state index in [9.17, 15) is 14.4 Å². The Labute approximate surface area is 367 Å². The van der Waals surface area contributed by atoms with E-state index in [1.807, 2.05) is 0 Å². The van der Waals surface area contributed by atoms with E-state index in [0.29, 0.717) is 19.3 Å². The number of hydrogen-bond acceptors (Lipinski definition) is 3. The second kappa shape index (κ2) is 48.4. The van der Waals surface area contributed by atoms with E-state index >= 15 is 0 Å². The third-order valence-electron chi connectivity index (χ3n) is 12.0. The molecule has 0 spiro atoms. The topological polar surface area (TPSA) is 51.2 Å². The number of carbonyl (C=O) groups excluding carboxylic acids is 3. The van der Waals surface area contributed by atoms with Gasteiger partial charge in [0.25, 0.3) is 0 Å². The van der Waals surface area contributed by atoms with Crippen molar-refractivity contribution in [3.63, 3.8) is 0 Å². The summed E-state index contributed by atoms with van der Waals surface area (Å²) in [5.41, 5.74) is 0. The van der Waals surface area contributed by atoms with Gasteiger partial charge in [0, 0.05) is 0 Å². The average Bonchev–Trinajstić information content (AvgIpc) is 3.22. The second-order valence-electron chi connectivity index (χ2n) is 17.8. The second-order valence-corrected chi connectivity index (χ2v) is 20.6. The van der Waals surface area contributed by atoms with Crippen molar-refractivity contribution >= 4 is 28.1 Å². The highest BCUT2D eigenvalue weighted by atomic mass is 27.2. The van der Waals surface area contributed by atoms with Crippen molar-refractivity contribution in [2.75, 3.05) is 0 Å². The van der Waals surface area contributed by atoms with Crippen LogP contribution >= 0.6 is 0 Å². The molecule has 0 radical (unpaired) electrons. The van der Waals surface area contributed by atoms with Crippen LogP contribution in [0.4, 0.5) is 0 Å². The summed E-state index contributed by atoms with van der Waals surface area (Å²) >= 11 is -2.74. The van der Waals surface area contributed by atoms with Crippen LogP contribution in [-0.2, 0) is 14.4 Å². The SMILES string of the molecule is CCCCCCCCC=CCCCCCCC[C](=O)[Al]([C](=O)CCCCCCCC=CCCCCCCCC)[C](=O)CCCCCCCC=CCCCCCCCC. The minimum atomic E-state index is -2.74. The summed E-state index contributed by atoms with van der Waals surface area (Å²) in [5, 5.41) is 0. The molecular formula is C54H99AlO3. The molecule has 0 aliphatic rings. The van der Waals surface area contributed by atoms with E-state index in [2.05, 4.69) is 57.2 Å². The molecule has 3 nitrogen and oxygen atoms in total. The summed E-state index contributed by atoms with van der Waals surface area (Å²) in [6.45, 7) is 6.81. The molecule has 0 heterocycles. The highest BCUT2D eigenvalue weighted by Crippen LogP contribution is 2.16. The highest BCUT2D eigenvalue weighted by molar-refractivity contribution is 7.27. The van der Waals surface area contributed by atoms with Crippen molar-refractivity contribution in [1.29, 1.82) is 0 Å². The molecule has 0 atom stereocenters. The van der Waals surface area contributed by atoms with Crippen molar-refractivity contribution in [2.45, 2.75) is 290 Å². The summed E-state index contributed by atoms with van der Waals surface area (Å²) in [5.74, 6) is 0. The molecule has 0 fully saturated rings. The van der Waals surface area contributed by atoms with Gasteiger partial charge in [0.1, 0.15) is 0 Å². The van der Waals surface area contributed by atoms with E-state index in [0.717, 1.165) is 77.0 Å². The van der Waals surface area contributed by atoms with Crippen molar-refractivity contribution in [1.82, 2.24) is 0 Å². The van der Waals surface area contributed by atoms with E-state index in [4.69, 9.17) is 0 Å². The van der Waals surface area contributed by atoms with Gasteiger partial charge in [-0.25, -0.2) is 0 Å². The number of rotatable bonds is 48. The molecule has 336 valence electrons. The lowest BCUT2D eigenvalue weighted by Crippen LogP contribution is -2.43. The molecule has 4 heteroatoms. The van der Waals surface area contributed by atoms with Crippen molar-refractivity contribution in [3.8, 4) is 0 Å². The van der Waals surface area contributed by atoms with Crippen LogP contribution in [0.15, 0.2) is 36.5 Å². The van der Waals surface area contributed by atoms with Crippen LogP contribution in [0.3, 0.4) is 0 Å². The number of hydrogen-bond donors (Lipinski definition) is 0. The molecule has 58 heavy (non-hydrogen) atoms. The minimum Gasteiger partial charge on any atom is -0.319 e. The summed E-state index contributed by atoms with van der Waals surface area (Å²) < 4.78 is 0.106. The molecule has 0 saturated heterocycles. The first-order valence-electron chi connectivity index (χ1n) is 26.1. The van der Waals surface area contributed by atoms with Gasteiger partial charge in [-0.15, -0.1) is 0 Å². The van der Waals surface area contributed by atoms with Crippen LogP contribution in [0.2, 0.25) is 0 Å². The lowest BCUT2D eigenvalue weighted by Gasteiger charge is -2.10. The monoisotopic (exact) mass is 823 g/mol. The Morgan fingerprint density at radius 1 is 0.259 bits per heavy atom. The predicted molar refractivity (Wildman–Crippen MR) is 259 cm³/mol. The maximum Gasteiger partial charge on any atom is 0.548 e. The minimum absolute atomic E-state index is 0.0353. The van der Waals surface area contributed by atoms with Crippen LogP contribution in [0.5, 0.6) is 0 Å². The van der Waals surface area contributed by atoms with Gasteiger partial charge in [0.2, 0.25) is 0 Å². The van der Waals surface area contributed by atoms with Gasteiger partial charge in [-0.3, -0.25) is 0 Å². The molecule has 0 aromatic rings. The first-order chi connectivity index (χ1) is 28.6. The van der Waals surface area contributed by atoms with Gasteiger partial charge in [-0.05, 0) is 116 Å². The third kappa shape index (κ3) is 41.5. The van der Waals surface area contributed by atoms with Crippen LogP contribution in [-0.4, -0.2) is 28.1 Å². The highest BCUT2D eigenvalue weighted by Gasteiger charge is 2.41. The molecule has 0 aliphatic carbocycles. The summed E-state index contributed by atoms with van der Waals surface area (Å²) in [6.07, 6.45) is 63.2. The lowest BCUT2D eigenvalue weighted by molar-refractivity contribution is -0.119. The molecular weight excluding hydrogens is 724 g/mol. The Balaban J connectivity index is 4.46. The number of unbranched alkanes of at least 4 members (excludes halogenated alkanes) is 33. The fourth-order valence-electron chi connectivity index (χ4n) is 8.08. The summed E-state index contributed by atoms with van der Waals surface area (Å²) in [6, 6.07) is 0. The van der Waals surface area contributed by atoms with Gasteiger partial charge in [0.05, 0.1) is 13.9 Å². The van der Waals surface area contributed by atoms with Crippen LogP contribution < -0.4 is 0 Å². The Morgan fingerprint density at radius 2 is 0.431 bits per heavy atom. The summed E-state index contributed by atoms with van der Waals surface area (Å²) in [7, 11) is 0. The Morgan fingerprint density at radius 3 is 0.638 bits per heavy atom. The number of allylic oxidation sites excluding steroid dienone is 6. The molecule has 0 N–H and O–H groups in total. The number of carbonyl (C=O) groups is 3. The fourth-order valence-corrected chi connectivity index (χ4v) is 10.6. The largest absolute Gasteiger partial charge is 0.548 e. The molecule has 0 amide bonds. The van der Waals surface area contributed by atoms with Crippen LogP contribution in [0, 0.1) is 0 Å². The van der Waals surface area contributed by atoms with Gasteiger partial charge in [0.15, 0.2) is 0 Å². The molecule has 0 rings (SSSR count). The first-order valence-corrected chi connectivity index (χ1v) is 27.8. The average molecular weight is 823 g/mol. The Hall–Kier alpha value is -1.24. The van der Waals surface area contributed by atoms with E-state index in [-0.39, 0.29) is 13.9 Å². The first kappa shape index (κ1) is 56.8. The van der Waals surface area contributed by atoms with E-state index in [1.165, 1.54) is 173 Å². The van der Waals surface area contributed by atoms with Gasteiger partial charge in [-0.2, -0.15) is 0 Å². The summed E-state index contributed by atoms with van der Waals surface area (Å²) in [4.78, 5) is 40.4. The zero-order valence-corrected chi connectivity index (χ0v) is 40.6. The smallest absolute Gasteiger partial charge is 0.319 e. The molecule has 0 aromatic heterocycles. The fraction of sp³-hybridized carbons (Fsp3) is 0.833. The molecule has 0 aliphatic heterocycles.